The van der Waals surface area contributed by atoms with Gasteiger partial charge in [0, 0.05) is 0 Å². The number of rotatable bonds is 10. The summed E-state index contributed by atoms with van der Waals surface area (Å²) in [6.45, 7) is 4.91. The lowest BCUT2D eigenvalue weighted by atomic mass is 9.91. The fraction of sp³-hybridized carbons (Fsp3) is 0.667. The highest BCUT2D eigenvalue weighted by Gasteiger charge is 2.10. The highest BCUT2D eigenvalue weighted by Crippen LogP contribution is 2.24. The van der Waals surface area contributed by atoms with Crippen molar-refractivity contribution in [1.29, 1.82) is 0 Å². The third-order valence-electron chi connectivity index (χ3n) is 3.97. The van der Waals surface area contributed by atoms with Gasteiger partial charge < -0.3 is 5.73 Å². The molecule has 1 nitrogen and oxygen atoms in total. The molecule has 1 aromatic rings. The van der Waals surface area contributed by atoms with Crippen LogP contribution < -0.4 is 5.73 Å². The SMILES string of the molecule is CCCC(CCC)CCc1cccc(C(F)CCN)c1. The predicted molar refractivity (Wildman–Crippen MR) is 85.6 cm³/mol. The van der Waals surface area contributed by atoms with Crippen LogP contribution >= 0.6 is 0 Å². The lowest BCUT2D eigenvalue weighted by Gasteiger charge is -2.15. The van der Waals surface area contributed by atoms with E-state index in [1.165, 1.54) is 37.7 Å². The molecule has 0 aliphatic heterocycles. The Kier molecular flexibility index (Phi) is 8.52. The Morgan fingerprint density at radius 1 is 1.05 bits per heavy atom. The third kappa shape index (κ3) is 6.04. The summed E-state index contributed by atoms with van der Waals surface area (Å²) >= 11 is 0. The molecule has 0 bridgehead atoms. The van der Waals surface area contributed by atoms with Crippen molar-refractivity contribution in [1.82, 2.24) is 0 Å². The van der Waals surface area contributed by atoms with Crippen molar-refractivity contribution < 1.29 is 4.39 Å². The van der Waals surface area contributed by atoms with Gasteiger partial charge in [-0.25, -0.2) is 4.39 Å². The monoisotopic (exact) mass is 279 g/mol. The Morgan fingerprint density at radius 3 is 2.35 bits per heavy atom. The molecule has 0 fully saturated rings. The molecule has 0 saturated heterocycles. The zero-order valence-corrected chi connectivity index (χ0v) is 13.1. The number of hydrogen-bond acceptors (Lipinski definition) is 1. The van der Waals surface area contributed by atoms with Gasteiger partial charge in [-0.1, -0.05) is 63.8 Å². The Morgan fingerprint density at radius 2 is 1.75 bits per heavy atom. The van der Waals surface area contributed by atoms with Gasteiger partial charge in [0.1, 0.15) is 6.17 Å². The van der Waals surface area contributed by atoms with Crippen LogP contribution in [-0.2, 0) is 6.42 Å². The van der Waals surface area contributed by atoms with Gasteiger partial charge in [0.15, 0.2) is 0 Å². The summed E-state index contributed by atoms with van der Waals surface area (Å²) in [6, 6.07) is 7.99. The second-order valence-corrected chi connectivity index (χ2v) is 5.77. The van der Waals surface area contributed by atoms with Crippen LogP contribution in [-0.4, -0.2) is 6.54 Å². The van der Waals surface area contributed by atoms with Crippen LogP contribution in [0, 0.1) is 5.92 Å². The van der Waals surface area contributed by atoms with Crippen LogP contribution in [0.2, 0.25) is 0 Å². The number of aryl methyl sites for hydroxylation is 1. The standard InChI is InChI=1S/C18H30FN/c1-3-6-15(7-4-2)10-11-16-8-5-9-17(14-16)18(19)12-13-20/h5,8-9,14-15,18H,3-4,6-7,10-13,20H2,1-2H3. The molecule has 0 spiro atoms. The minimum absolute atomic E-state index is 0.403. The maximum atomic E-state index is 13.9. The van der Waals surface area contributed by atoms with Crippen LogP contribution in [0.4, 0.5) is 4.39 Å². The van der Waals surface area contributed by atoms with Gasteiger partial charge in [0.2, 0.25) is 0 Å². The molecule has 1 atom stereocenters. The molecule has 0 aliphatic rings. The molecule has 1 rings (SSSR count). The van der Waals surface area contributed by atoms with Crippen molar-refractivity contribution in [3.63, 3.8) is 0 Å². The number of alkyl halides is 1. The van der Waals surface area contributed by atoms with Crippen molar-refractivity contribution in [2.75, 3.05) is 6.54 Å². The molecule has 0 aromatic heterocycles. The summed E-state index contributed by atoms with van der Waals surface area (Å²) in [5.74, 6) is 0.818. The minimum atomic E-state index is -0.915. The number of hydrogen-bond donors (Lipinski definition) is 1. The third-order valence-corrected chi connectivity index (χ3v) is 3.97. The van der Waals surface area contributed by atoms with Crippen LogP contribution in [0.1, 0.15) is 69.7 Å². The van der Waals surface area contributed by atoms with Gasteiger partial charge in [-0.05, 0) is 42.9 Å². The largest absolute Gasteiger partial charge is 0.330 e. The molecule has 20 heavy (non-hydrogen) atoms. The summed E-state index contributed by atoms with van der Waals surface area (Å²) in [4.78, 5) is 0. The zero-order chi connectivity index (χ0) is 14.8. The van der Waals surface area contributed by atoms with Crippen LogP contribution in [0.3, 0.4) is 0 Å². The van der Waals surface area contributed by atoms with E-state index >= 15 is 0 Å². The minimum Gasteiger partial charge on any atom is -0.330 e. The van der Waals surface area contributed by atoms with Crippen molar-refractivity contribution in [2.24, 2.45) is 11.7 Å². The van der Waals surface area contributed by atoms with E-state index in [2.05, 4.69) is 19.9 Å². The highest BCUT2D eigenvalue weighted by atomic mass is 19.1. The van der Waals surface area contributed by atoms with Crippen LogP contribution in [0.15, 0.2) is 24.3 Å². The summed E-state index contributed by atoms with van der Waals surface area (Å²) in [7, 11) is 0. The Bertz CT molecular complexity index is 358. The maximum Gasteiger partial charge on any atom is 0.126 e. The van der Waals surface area contributed by atoms with E-state index in [9.17, 15) is 4.39 Å². The predicted octanol–water partition coefficient (Wildman–Crippen LogP) is 5.20. The van der Waals surface area contributed by atoms with Crippen molar-refractivity contribution >= 4 is 0 Å². The molecule has 2 heteroatoms. The molecule has 1 aromatic carbocycles. The second kappa shape index (κ2) is 9.93. The van der Waals surface area contributed by atoms with E-state index in [-0.39, 0.29) is 0 Å². The molecule has 1 unspecified atom stereocenters. The van der Waals surface area contributed by atoms with E-state index in [0.29, 0.717) is 13.0 Å². The summed E-state index contributed by atoms with van der Waals surface area (Å²) in [5.41, 5.74) is 7.48. The first-order valence-corrected chi connectivity index (χ1v) is 8.14. The summed E-state index contributed by atoms with van der Waals surface area (Å²) in [5, 5.41) is 0. The van der Waals surface area contributed by atoms with Gasteiger partial charge in [-0.15, -0.1) is 0 Å². The first-order valence-electron chi connectivity index (χ1n) is 8.14. The van der Waals surface area contributed by atoms with Gasteiger partial charge in [0.05, 0.1) is 0 Å². The topological polar surface area (TPSA) is 26.0 Å². The van der Waals surface area contributed by atoms with Crippen LogP contribution in [0.5, 0.6) is 0 Å². The average Bonchev–Trinajstić information content (AvgIpc) is 2.46. The normalized spacial score (nSPS) is 12.8. The number of benzene rings is 1. The molecule has 114 valence electrons. The van der Waals surface area contributed by atoms with E-state index in [1.807, 2.05) is 18.2 Å². The molecule has 0 heterocycles. The number of nitrogens with two attached hydrogens (primary N) is 1. The Balaban J connectivity index is 2.56. The second-order valence-electron chi connectivity index (χ2n) is 5.77. The highest BCUT2D eigenvalue weighted by molar-refractivity contribution is 5.25. The van der Waals surface area contributed by atoms with Gasteiger partial charge in [-0.3, -0.25) is 0 Å². The fourth-order valence-electron chi connectivity index (χ4n) is 2.88. The van der Waals surface area contributed by atoms with Crippen molar-refractivity contribution in [2.45, 2.75) is 65.0 Å². The average molecular weight is 279 g/mol. The molecule has 0 aliphatic carbocycles. The molecule has 0 amide bonds. The summed E-state index contributed by atoms with van der Waals surface area (Å²) in [6.07, 6.45) is 6.92. The lowest BCUT2D eigenvalue weighted by Crippen LogP contribution is -2.05. The summed E-state index contributed by atoms with van der Waals surface area (Å²) < 4.78 is 13.9. The molecular formula is C18H30FN. The molecule has 0 saturated carbocycles. The molecule has 2 N–H and O–H groups in total. The smallest absolute Gasteiger partial charge is 0.126 e. The first kappa shape index (κ1) is 17.2. The number of halogens is 1. The Labute approximate surface area is 123 Å². The van der Waals surface area contributed by atoms with Crippen LogP contribution in [0.25, 0.3) is 0 Å². The maximum absolute atomic E-state index is 13.9. The van der Waals surface area contributed by atoms with E-state index in [1.54, 1.807) is 0 Å². The van der Waals surface area contributed by atoms with E-state index < -0.39 is 6.17 Å². The van der Waals surface area contributed by atoms with Crippen molar-refractivity contribution in [3.05, 3.63) is 35.4 Å². The quantitative estimate of drug-likeness (QED) is 0.626. The first-order chi connectivity index (χ1) is 9.71. The molecule has 0 radical (unpaired) electrons. The Hall–Kier alpha value is -0.890. The van der Waals surface area contributed by atoms with E-state index in [4.69, 9.17) is 5.73 Å². The van der Waals surface area contributed by atoms with Crippen molar-refractivity contribution in [3.8, 4) is 0 Å². The van der Waals surface area contributed by atoms with E-state index in [0.717, 1.165) is 17.9 Å². The fourth-order valence-corrected chi connectivity index (χ4v) is 2.88. The molecular weight excluding hydrogens is 249 g/mol. The van der Waals surface area contributed by atoms with Gasteiger partial charge in [0.25, 0.3) is 0 Å². The van der Waals surface area contributed by atoms with Gasteiger partial charge >= 0.3 is 0 Å². The zero-order valence-electron chi connectivity index (χ0n) is 13.1. The van der Waals surface area contributed by atoms with Gasteiger partial charge in [-0.2, -0.15) is 0 Å². The lowest BCUT2D eigenvalue weighted by molar-refractivity contribution is 0.327.